The zero-order valence-electron chi connectivity index (χ0n) is 11.7. The van der Waals surface area contributed by atoms with E-state index < -0.39 is 0 Å². The maximum atomic E-state index is 12.4. The third-order valence-corrected chi connectivity index (χ3v) is 4.34. The van der Waals surface area contributed by atoms with E-state index in [1.165, 1.54) is 0 Å². The highest BCUT2D eigenvalue weighted by atomic mass is 16.2. The van der Waals surface area contributed by atoms with Crippen molar-refractivity contribution in [2.75, 3.05) is 19.6 Å². The molecule has 2 aliphatic rings. The quantitative estimate of drug-likeness (QED) is 0.767. The third kappa shape index (κ3) is 2.85. The van der Waals surface area contributed by atoms with Gasteiger partial charge < -0.3 is 10.2 Å². The fourth-order valence-corrected chi connectivity index (χ4v) is 2.87. The van der Waals surface area contributed by atoms with Crippen molar-refractivity contribution < 1.29 is 9.59 Å². The van der Waals surface area contributed by atoms with Crippen LogP contribution in [-0.4, -0.2) is 36.3 Å². The van der Waals surface area contributed by atoms with Crippen LogP contribution in [0.2, 0.25) is 0 Å². The molecular formula is C14H24N2O2. The number of amides is 2. The highest BCUT2D eigenvalue weighted by Crippen LogP contribution is 2.34. The van der Waals surface area contributed by atoms with E-state index in [9.17, 15) is 9.59 Å². The van der Waals surface area contributed by atoms with Gasteiger partial charge in [-0.3, -0.25) is 9.59 Å². The fraction of sp³-hybridized carbons (Fsp3) is 0.857. The predicted molar refractivity (Wildman–Crippen MR) is 69.9 cm³/mol. The van der Waals surface area contributed by atoms with E-state index in [1.54, 1.807) is 0 Å². The Bertz CT molecular complexity index is 336. The molecule has 0 saturated carbocycles. The van der Waals surface area contributed by atoms with E-state index in [1.807, 2.05) is 4.90 Å². The Morgan fingerprint density at radius 3 is 2.56 bits per heavy atom. The molecule has 2 heterocycles. The van der Waals surface area contributed by atoms with Gasteiger partial charge in [-0.15, -0.1) is 0 Å². The average molecular weight is 252 g/mol. The number of likely N-dealkylation sites (tertiary alicyclic amines) is 1. The molecular weight excluding hydrogens is 228 g/mol. The minimum atomic E-state index is 0.00131. The third-order valence-electron chi connectivity index (χ3n) is 4.34. The van der Waals surface area contributed by atoms with Gasteiger partial charge >= 0.3 is 0 Å². The summed E-state index contributed by atoms with van der Waals surface area (Å²) in [7, 11) is 0. The number of carbonyl (C=O) groups is 2. The van der Waals surface area contributed by atoms with E-state index in [0.29, 0.717) is 25.3 Å². The van der Waals surface area contributed by atoms with Crippen LogP contribution in [0.3, 0.4) is 0 Å². The zero-order valence-corrected chi connectivity index (χ0v) is 11.7. The van der Waals surface area contributed by atoms with Crippen LogP contribution in [0.5, 0.6) is 0 Å². The first-order valence-electron chi connectivity index (χ1n) is 6.93. The van der Waals surface area contributed by atoms with E-state index in [-0.39, 0.29) is 23.1 Å². The van der Waals surface area contributed by atoms with E-state index in [4.69, 9.17) is 0 Å². The number of hydrogen-bond acceptors (Lipinski definition) is 2. The Labute approximate surface area is 109 Å². The van der Waals surface area contributed by atoms with Gasteiger partial charge in [-0.2, -0.15) is 0 Å². The molecule has 0 aliphatic carbocycles. The standard InChI is InChI=1S/C14H24N2O2/c1-14(2,3)11-6-7-16(9-11)13(18)10-4-5-12(17)15-8-10/h10-11H,4-9H2,1-3H3,(H,15,17). The molecule has 102 valence electrons. The molecule has 2 unspecified atom stereocenters. The summed E-state index contributed by atoms with van der Waals surface area (Å²) in [5.74, 6) is 0.913. The second-order valence-corrected chi connectivity index (χ2v) is 6.68. The Morgan fingerprint density at radius 1 is 1.33 bits per heavy atom. The first kappa shape index (κ1) is 13.4. The van der Waals surface area contributed by atoms with Crippen LogP contribution in [0.4, 0.5) is 0 Å². The van der Waals surface area contributed by atoms with Crippen LogP contribution < -0.4 is 5.32 Å². The molecule has 4 heteroatoms. The SMILES string of the molecule is CC(C)(C)C1CCN(C(=O)C2CCC(=O)NC2)C1. The van der Waals surface area contributed by atoms with Crippen molar-refractivity contribution in [2.24, 2.45) is 17.3 Å². The number of nitrogens with zero attached hydrogens (tertiary/aromatic N) is 1. The van der Waals surface area contributed by atoms with Crippen molar-refractivity contribution in [3.05, 3.63) is 0 Å². The molecule has 0 spiro atoms. The lowest BCUT2D eigenvalue weighted by molar-refractivity contribution is -0.136. The number of rotatable bonds is 1. The normalized spacial score (nSPS) is 29.3. The summed E-state index contributed by atoms with van der Waals surface area (Å²) < 4.78 is 0. The molecule has 1 N–H and O–H groups in total. The van der Waals surface area contributed by atoms with Crippen LogP contribution in [0.25, 0.3) is 0 Å². The van der Waals surface area contributed by atoms with Gasteiger partial charge in [0.2, 0.25) is 11.8 Å². The van der Waals surface area contributed by atoms with E-state index >= 15 is 0 Å². The van der Waals surface area contributed by atoms with Crippen molar-refractivity contribution in [1.82, 2.24) is 10.2 Å². The van der Waals surface area contributed by atoms with Crippen LogP contribution in [0, 0.1) is 17.3 Å². The van der Waals surface area contributed by atoms with Crippen LogP contribution >= 0.6 is 0 Å². The molecule has 0 bridgehead atoms. The fourth-order valence-electron chi connectivity index (χ4n) is 2.87. The van der Waals surface area contributed by atoms with Crippen molar-refractivity contribution >= 4 is 11.8 Å². The van der Waals surface area contributed by atoms with E-state index in [2.05, 4.69) is 26.1 Å². The summed E-state index contributed by atoms with van der Waals surface area (Å²) in [6.07, 6.45) is 2.31. The van der Waals surface area contributed by atoms with Crippen molar-refractivity contribution in [2.45, 2.75) is 40.0 Å². The largest absolute Gasteiger partial charge is 0.355 e. The van der Waals surface area contributed by atoms with Gasteiger partial charge in [-0.05, 0) is 24.2 Å². The topological polar surface area (TPSA) is 49.4 Å². The molecule has 2 amide bonds. The summed E-state index contributed by atoms with van der Waals surface area (Å²) >= 11 is 0. The monoisotopic (exact) mass is 252 g/mol. The molecule has 0 radical (unpaired) electrons. The van der Waals surface area contributed by atoms with E-state index in [0.717, 1.165) is 19.5 Å². The maximum absolute atomic E-state index is 12.4. The summed E-state index contributed by atoms with van der Waals surface area (Å²) in [4.78, 5) is 25.5. The van der Waals surface area contributed by atoms with Gasteiger partial charge in [0.15, 0.2) is 0 Å². The molecule has 4 nitrogen and oxygen atoms in total. The first-order chi connectivity index (χ1) is 8.38. The highest BCUT2D eigenvalue weighted by molar-refractivity contribution is 5.83. The van der Waals surface area contributed by atoms with Gasteiger partial charge in [-0.1, -0.05) is 20.8 Å². The Morgan fingerprint density at radius 2 is 2.06 bits per heavy atom. The van der Waals surface area contributed by atoms with Crippen LogP contribution in [0.1, 0.15) is 40.0 Å². The molecule has 2 rings (SSSR count). The van der Waals surface area contributed by atoms with Crippen LogP contribution in [0.15, 0.2) is 0 Å². The smallest absolute Gasteiger partial charge is 0.227 e. The second kappa shape index (κ2) is 4.90. The molecule has 2 fully saturated rings. The summed E-state index contributed by atoms with van der Waals surface area (Å²) in [6.45, 7) is 9.01. The van der Waals surface area contributed by atoms with Crippen molar-refractivity contribution in [1.29, 1.82) is 0 Å². The lowest BCUT2D eigenvalue weighted by Crippen LogP contribution is -2.44. The van der Waals surface area contributed by atoms with Gasteiger partial charge in [0.05, 0.1) is 5.92 Å². The summed E-state index contributed by atoms with van der Waals surface area (Å²) in [5, 5.41) is 2.79. The Kier molecular flexibility index (Phi) is 3.64. The molecule has 2 atom stereocenters. The van der Waals surface area contributed by atoms with Gasteiger partial charge in [0.1, 0.15) is 0 Å². The first-order valence-corrected chi connectivity index (χ1v) is 6.93. The van der Waals surface area contributed by atoms with Gasteiger partial charge in [-0.25, -0.2) is 0 Å². The number of carbonyl (C=O) groups excluding carboxylic acids is 2. The number of nitrogens with one attached hydrogen (secondary N) is 1. The zero-order chi connectivity index (χ0) is 13.3. The number of piperidine rings is 1. The van der Waals surface area contributed by atoms with Crippen molar-refractivity contribution in [3.63, 3.8) is 0 Å². The second-order valence-electron chi connectivity index (χ2n) is 6.68. The maximum Gasteiger partial charge on any atom is 0.227 e. The average Bonchev–Trinajstić information content (AvgIpc) is 2.78. The predicted octanol–water partition coefficient (Wildman–Crippen LogP) is 1.41. The minimum absolute atomic E-state index is 0.00131. The van der Waals surface area contributed by atoms with Gasteiger partial charge in [0.25, 0.3) is 0 Å². The van der Waals surface area contributed by atoms with Crippen molar-refractivity contribution in [3.8, 4) is 0 Å². The minimum Gasteiger partial charge on any atom is -0.355 e. The molecule has 2 aliphatic heterocycles. The number of hydrogen-bond donors (Lipinski definition) is 1. The Balaban J connectivity index is 1.89. The summed E-state index contributed by atoms with van der Waals surface area (Å²) in [6, 6.07) is 0. The molecule has 2 saturated heterocycles. The highest BCUT2D eigenvalue weighted by Gasteiger charge is 2.36. The lowest BCUT2D eigenvalue weighted by Gasteiger charge is -2.29. The molecule has 0 aromatic carbocycles. The lowest BCUT2D eigenvalue weighted by atomic mass is 9.80. The molecule has 0 aromatic rings. The summed E-state index contributed by atoms with van der Waals surface area (Å²) in [5.41, 5.74) is 0.274. The van der Waals surface area contributed by atoms with Gasteiger partial charge in [0, 0.05) is 26.1 Å². The molecule has 18 heavy (non-hydrogen) atoms. The molecule has 0 aromatic heterocycles. The van der Waals surface area contributed by atoms with Crippen LogP contribution in [-0.2, 0) is 9.59 Å². The Hall–Kier alpha value is -1.06.